The number of rotatable bonds is 3. The van der Waals surface area contributed by atoms with Crippen LogP contribution in [0.1, 0.15) is 55.2 Å². The number of carbonyl (C=O) groups is 1. The molecule has 0 aliphatic heterocycles. The largest absolute Gasteiger partial charge is 0.326 e. The van der Waals surface area contributed by atoms with E-state index in [1.165, 1.54) is 37.7 Å². The van der Waals surface area contributed by atoms with Crippen LogP contribution in [0.25, 0.3) is 0 Å². The Kier molecular flexibility index (Phi) is 4.62. The Hall–Kier alpha value is -1.31. The monoisotopic (exact) mass is 259 g/mol. The van der Waals surface area contributed by atoms with Gasteiger partial charge in [0.05, 0.1) is 0 Å². The maximum atomic E-state index is 12.2. The van der Waals surface area contributed by atoms with E-state index >= 15 is 0 Å². The summed E-state index contributed by atoms with van der Waals surface area (Å²) in [6, 6.07) is 4.26. The number of benzene rings is 1. The van der Waals surface area contributed by atoms with Crippen molar-refractivity contribution < 1.29 is 4.79 Å². The second kappa shape index (κ2) is 6.23. The highest BCUT2D eigenvalue weighted by Crippen LogP contribution is 2.27. The van der Waals surface area contributed by atoms with E-state index in [2.05, 4.69) is 38.2 Å². The molecule has 2 nitrogen and oxygen atoms in total. The number of carbonyl (C=O) groups excluding carboxylic acids is 1. The zero-order valence-corrected chi connectivity index (χ0v) is 12.4. The van der Waals surface area contributed by atoms with Gasteiger partial charge in [-0.2, -0.15) is 0 Å². The van der Waals surface area contributed by atoms with Crippen LogP contribution in [0.4, 0.5) is 5.69 Å². The van der Waals surface area contributed by atoms with Gasteiger partial charge in [0.2, 0.25) is 5.91 Å². The molecular formula is C17H25NO. The van der Waals surface area contributed by atoms with Gasteiger partial charge in [0.15, 0.2) is 0 Å². The van der Waals surface area contributed by atoms with E-state index in [9.17, 15) is 4.79 Å². The van der Waals surface area contributed by atoms with Crippen LogP contribution in [0.5, 0.6) is 0 Å². The molecule has 0 unspecified atom stereocenters. The fraction of sp³-hybridized carbons (Fsp3) is 0.588. The van der Waals surface area contributed by atoms with Gasteiger partial charge >= 0.3 is 0 Å². The topological polar surface area (TPSA) is 29.1 Å². The molecule has 0 saturated heterocycles. The van der Waals surface area contributed by atoms with Gasteiger partial charge in [-0.05, 0) is 50.7 Å². The van der Waals surface area contributed by atoms with Gasteiger partial charge in [0, 0.05) is 12.1 Å². The number of hydrogen-bond acceptors (Lipinski definition) is 1. The molecule has 19 heavy (non-hydrogen) atoms. The standard InChI is InChI=1S/C17H25NO/c1-12-9-13(2)17(14(3)10-12)18-16(19)11-15-7-5-4-6-8-15/h9-10,15H,4-8,11H2,1-3H3,(H,18,19). The SMILES string of the molecule is Cc1cc(C)c(NC(=O)CC2CCCCC2)c(C)c1. The number of amides is 1. The van der Waals surface area contributed by atoms with Crippen molar-refractivity contribution >= 4 is 11.6 Å². The quantitative estimate of drug-likeness (QED) is 0.849. The van der Waals surface area contributed by atoms with Gasteiger partial charge in [-0.1, -0.05) is 37.0 Å². The second-order valence-electron chi connectivity index (χ2n) is 6.03. The molecule has 104 valence electrons. The summed E-state index contributed by atoms with van der Waals surface area (Å²) in [5.41, 5.74) is 4.58. The smallest absolute Gasteiger partial charge is 0.224 e. The second-order valence-corrected chi connectivity index (χ2v) is 6.03. The first kappa shape index (κ1) is 14.1. The molecule has 1 saturated carbocycles. The third-order valence-corrected chi connectivity index (χ3v) is 4.14. The molecule has 0 heterocycles. The molecule has 1 fully saturated rings. The Morgan fingerprint density at radius 2 is 1.68 bits per heavy atom. The predicted octanol–water partition coefficient (Wildman–Crippen LogP) is 4.52. The van der Waals surface area contributed by atoms with Crippen molar-refractivity contribution in [1.29, 1.82) is 0 Å². The van der Waals surface area contributed by atoms with Crippen LogP contribution in [-0.2, 0) is 4.79 Å². The lowest BCUT2D eigenvalue weighted by Gasteiger charge is -2.21. The third-order valence-electron chi connectivity index (χ3n) is 4.14. The highest BCUT2D eigenvalue weighted by atomic mass is 16.1. The first-order valence-electron chi connectivity index (χ1n) is 7.44. The van der Waals surface area contributed by atoms with Crippen LogP contribution in [0.15, 0.2) is 12.1 Å². The number of hydrogen-bond donors (Lipinski definition) is 1. The van der Waals surface area contributed by atoms with E-state index in [0.29, 0.717) is 12.3 Å². The Bertz CT molecular complexity index is 435. The molecule has 0 bridgehead atoms. The highest BCUT2D eigenvalue weighted by molar-refractivity contribution is 5.92. The zero-order valence-electron chi connectivity index (χ0n) is 12.4. The van der Waals surface area contributed by atoms with Crippen LogP contribution in [0.2, 0.25) is 0 Å². The van der Waals surface area contributed by atoms with Crippen LogP contribution in [-0.4, -0.2) is 5.91 Å². The zero-order chi connectivity index (χ0) is 13.8. The number of anilines is 1. The normalized spacial score (nSPS) is 16.4. The van der Waals surface area contributed by atoms with Gasteiger partial charge < -0.3 is 5.32 Å². The Morgan fingerprint density at radius 3 is 2.26 bits per heavy atom. The Balaban J connectivity index is 1.98. The molecule has 1 aliphatic rings. The molecule has 0 aromatic heterocycles. The van der Waals surface area contributed by atoms with Gasteiger partial charge in [-0.15, -0.1) is 0 Å². The maximum absolute atomic E-state index is 12.2. The Labute approximate surface area is 116 Å². The predicted molar refractivity (Wildman–Crippen MR) is 80.5 cm³/mol. The molecule has 1 aromatic rings. The lowest BCUT2D eigenvalue weighted by atomic mass is 9.87. The van der Waals surface area contributed by atoms with Crippen molar-refractivity contribution in [3.63, 3.8) is 0 Å². The minimum atomic E-state index is 0.182. The summed E-state index contributed by atoms with van der Waals surface area (Å²) in [6.45, 7) is 6.22. The molecule has 1 aromatic carbocycles. The first-order chi connectivity index (χ1) is 9.06. The van der Waals surface area contributed by atoms with E-state index in [4.69, 9.17) is 0 Å². The van der Waals surface area contributed by atoms with Crippen molar-refractivity contribution in [3.05, 3.63) is 28.8 Å². The molecule has 1 N–H and O–H groups in total. The molecule has 1 amide bonds. The van der Waals surface area contributed by atoms with Gasteiger partial charge in [0.1, 0.15) is 0 Å². The summed E-state index contributed by atoms with van der Waals surface area (Å²) in [7, 11) is 0. The van der Waals surface area contributed by atoms with Crippen molar-refractivity contribution in [2.45, 2.75) is 59.3 Å². The molecule has 1 aliphatic carbocycles. The van der Waals surface area contributed by atoms with Crippen molar-refractivity contribution in [1.82, 2.24) is 0 Å². The summed E-state index contributed by atoms with van der Waals surface area (Å²) < 4.78 is 0. The van der Waals surface area contributed by atoms with Gasteiger partial charge in [0.25, 0.3) is 0 Å². The van der Waals surface area contributed by atoms with E-state index in [0.717, 1.165) is 16.8 Å². The average Bonchev–Trinajstić information content (AvgIpc) is 2.35. The fourth-order valence-electron chi connectivity index (χ4n) is 3.22. The minimum Gasteiger partial charge on any atom is -0.326 e. The average molecular weight is 259 g/mol. The van der Waals surface area contributed by atoms with E-state index < -0.39 is 0 Å². The molecular weight excluding hydrogens is 234 g/mol. The highest BCUT2D eigenvalue weighted by Gasteiger charge is 2.17. The van der Waals surface area contributed by atoms with Crippen molar-refractivity contribution in [3.8, 4) is 0 Å². The summed E-state index contributed by atoms with van der Waals surface area (Å²) >= 11 is 0. The summed E-state index contributed by atoms with van der Waals surface area (Å²) in [4.78, 5) is 12.2. The maximum Gasteiger partial charge on any atom is 0.224 e. The summed E-state index contributed by atoms with van der Waals surface area (Å²) in [5, 5.41) is 3.11. The first-order valence-corrected chi connectivity index (χ1v) is 7.44. The van der Waals surface area contributed by atoms with E-state index in [1.54, 1.807) is 0 Å². The molecule has 2 rings (SSSR count). The van der Waals surface area contributed by atoms with Crippen LogP contribution >= 0.6 is 0 Å². The van der Waals surface area contributed by atoms with Crippen molar-refractivity contribution in [2.75, 3.05) is 5.32 Å². The molecule has 2 heteroatoms. The van der Waals surface area contributed by atoms with Crippen LogP contribution in [0.3, 0.4) is 0 Å². The van der Waals surface area contributed by atoms with Crippen LogP contribution < -0.4 is 5.32 Å². The molecule has 0 spiro atoms. The van der Waals surface area contributed by atoms with Crippen LogP contribution in [0, 0.1) is 26.7 Å². The number of aryl methyl sites for hydroxylation is 3. The fourth-order valence-corrected chi connectivity index (χ4v) is 3.22. The molecule has 0 radical (unpaired) electrons. The van der Waals surface area contributed by atoms with E-state index in [1.807, 2.05) is 0 Å². The minimum absolute atomic E-state index is 0.182. The summed E-state index contributed by atoms with van der Waals surface area (Å²) in [5.74, 6) is 0.779. The van der Waals surface area contributed by atoms with Gasteiger partial charge in [-0.3, -0.25) is 4.79 Å². The third kappa shape index (κ3) is 3.82. The van der Waals surface area contributed by atoms with Gasteiger partial charge in [-0.25, -0.2) is 0 Å². The Morgan fingerprint density at radius 1 is 1.11 bits per heavy atom. The lowest BCUT2D eigenvalue weighted by molar-refractivity contribution is -0.117. The molecule has 0 atom stereocenters. The summed E-state index contributed by atoms with van der Waals surface area (Å²) in [6.07, 6.45) is 7.06. The van der Waals surface area contributed by atoms with Crippen molar-refractivity contribution in [2.24, 2.45) is 5.92 Å². The number of nitrogens with one attached hydrogen (secondary N) is 1. The van der Waals surface area contributed by atoms with E-state index in [-0.39, 0.29) is 5.91 Å². The lowest BCUT2D eigenvalue weighted by Crippen LogP contribution is -2.19.